The highest BCUT2D eigenvalue weighted by molar-refractivity contribution is 8.11. The minimum Gasteiger partial charge on any atom is -0.199 e. The lowest BCUT2D eigenvalue weighted by Gasteiger charge is -2.48. The summed E-state index contributed by atoms with van der Waals surface area (Å²) >= 11 is 21.5. The molecule has 0 amide bonds. The summed E-state index contributed by atoms with van der Waals surface area (Å²) in [7, 11) is 0. The zero-order valence-corrected chi connectivity index (χ0v) is 15.5. The van der Waals surface area contributed by atoms with Crippen molar-refractivity contribution >= 4 is 70.1 Å². The summed E-state index contributed by atoms with van der Waals surface area (Å²) < 4.78 is 1.03. The fourth-order valence-electron chi connectivity index (χ4n) is 2.45. The first-order valence-electron chi connectivity index (χ1n) is 6.74. The molecule has 0 saturated carbocycles. The molecule has 0 aromatic carbocycles. The van der Waals surface area contributed by atoms with E-state index in [1.165, 1.54) is 19.3 Å². The third-order valence-corrected chi connectivity index (χ3v) is 5.00. The standard InChI is InChI=1S/C11H20N4S5/c16-10(17)14(12-4-2-1-3-5-12)15(11(18)19)13-6-8-20-9-7-13/h1-9H2,(H,16,17)(H,18,19). The van der Waals surface area contributed by atoms with Gasteiger partial charge in [-0.3, -0.25) is 0 Å². The molecule has 0 aliphatic carbocycles. The van der Waals surface area contributed by atoms with Gasteiger partial charge in [0.25, 0.3) is 0 Å². The molecule has 114 valence electrons. The average molecular weight is 369 g/mol. The number of rotatable bonds is 2. The number of nitrogens with zero attached hydrogens (tertiary/aromatic N) is 4. The molecule has 2 aliphatic rings. The number of hydrogen-bond donors (Lipinski definition) is 2. The molecule has 2 saturated heterocycles. The summed E-state index contributed by atoms with van der Waals surface area (Å²) in [4.78, 5) is 0. The number of hydrazine groups is 3. The van der Waals surface area contributed by atoms with Gasteiger partial charge < -0.3 is 0 Å². The van der Waals surface area contributed by atoms with E-state index in [1.807, 2.05) is 22.0 Å². The molecule has 2 fully saturated rings. The molecular weight excluding hydrogens is 348 g/mol. The zero-order valence-electron chi connectivity index (χ0n) is 11.3. The van der Waals surface area contributed by atoms with Crippen LogP contribution < -0.4 is 0 Å². The molecule has 0 aromatic heterocycles. The predicted molar refractivity (Wildman–Crippen MR) is 101 cm³/mol. The van der Waals surface area contributed by atoms with Gasteiger partial charge in [-0.2, -0.15) is 32.0 Å². The minimum absolute atomic E-state index is 0.513. The molecule has 9 heteroatoms. The minimum atomic E-state index is 0.513. The summed E-state index contributed by atoms with van der Waals surface area (Å²) in [5.74, 6) is 2.19. The first-order chi connectivity index (χ1) is 9.61. The van der Waals surface area contributed by atoms with E-state index in [-0.39, 0.29) is 0 Å². The Labute approximate surface area is 146 Å². The van der Waals surface area contributed by atoms with Crippen molar-refractivity contribution in [3.8, 4) is 0 Å². The fraction of sp³-hybridized carbons (Fsp3) is 0.818. The van der Waals surface area contributed by atoms with Crippen LogP contribution in [0, 0.1) is 0 Å². The second kappa shape index (κ2) is 8.40. The molecular formula is C11H20N4S5. The van der Waals surface area contributed by atoms with E-state index in [4.69, 9.17) is 24.4 Å². The van der Waals surface area contributed by atoms with E-state index in [1.54, 1.807) is 0 Å². The zero-order chi connectivity index (χ0) is 14.5. The van der Waals surface area contributed by atoms with Crippen LogP contribution in [0.2, 0.25) is 0 Å². The highest BCUT2D eigenvalue weighted by atomic mass is 32.2. The van der Waals surface area contributed by atoms with Crippen molar-refractivity contribution < 1.29 is 0 Å². The number of thiol groups is 2. The van der Waals surface area contributed by atoms with Crippen LogP contribution in [0.5, 0.6) is 0 Å². The Balaban J connectivity index is 2.17. The van der Waals surface area contributed by atoms with E-state index in [2.05, 4.69) is 35.3 Å². The van der Waals surface area contributed by atoms with Crippen LogP contribution in [0.15, 0.2) is 0 Å². The van der Waals surface area contributed by atoms with Crippen LogP contribution >= 0.6 is 61.5 Å². The van der Waals surface area contributed by atoms with Gasteiger partial charge in [0.2, 0.25) is 0 Å². The quantitative estimate of drug-likeness (QED) is 0.435. The number of hydrogen-bond acceptors (Lipinski definition) is 5. The van der Waals surface area contributed by atoms with Gasteiger partial charge in [-0.1, -0.05) is 6.42 Å². The molecule has 2 rings (SSSR count). The molecule has 0 aromatic rings. The first kappa shape index (κ1) is 17.1. The maximum Gasteiger partial charge on any atom is 0.171 e. The molecule has 0 spiro atoms. The van der Waals surface area contributed by atoms with Crippen molar-refractivity contribution in [1.29, 1.82) is 0 Å². The van der Waals surface area contributed by atoms with Crippen LogP contribution in [0.1, 0.15) is 19.3 Å². The van der Waals surface area contributed by atoms with Gasteiger partial charge in [0.15, 0.2) is 8.64 Å². The number of thiocarbonyl (C=S) groups is 2. The topological polar surface area (TPSA) is 13.0 Å². The second-order valence-corrected chi connectivity index (χ2v) is 8.17. The van der Waals surface area contributed by atoms with Gasteiger partial charge >= 0.3 is 0 Å². The van der Waals surface area contributed by atoms with E-state index >= 15 is 0 Å². The predicted octanol–water partition coefficient (Wildman–Crippen LogP) is 2.30. The second-order valence-electron chi connectivity index (χ2n) is 4.72. The number of piperidine rings is 1. The Morgan fingerprint density at radius 3 is 1.70 bits per heavy atom. The molecule has 4 nitrogen and oxygen atoms in total. The lowest BCUT2D eigenvalue weighted by molar-refractivity contribution is -0.181. The molecule has 0 unspecified atom stereocenters. The van der Waals surface area contributed by atoms with Crippen LogP contribution in [-0.4, -0.2) is 66.6 Å². The number of thioether (sulfide) groups is 1. The highest BCUT2D eigenvalue weighted by Crippen LogP contribution is 2.21. The van der Waals surface area contributed by atoms with Crippen molar-refractivity contribution in [3.63, 3.8) is 0 Å². The highest BCUT2D eigenvalue weighted by Gasteiger charge is 2.31. The van der Waals surface area contributed by atoms with Gasteiger partial charge in [-0.25, -0.2) is 0 Å². The maximum atomic E-state index is 5.34. The summed E-state index contributed by atoms with van der Waals surface area (Å²) in [6, 6.07) is 0. The van der Waals surface area contributed by atoms with Crippen LogP contribution in [0.25, 0.3) is 0 Å². The van der Waals surface area contributed by atoms with Crippen molar-refractivity contribution in [2.24, 2.45) is 0 Å². The molecule has 0 bridgehead atoms. The fourth-order valence-corrected chi connectivity index (χ4v) is 4.15. The smallest absolute Gasteiger partial charge is 0.171 e. The van der Waals surface area contributed by atoms with E-state index in [0.29, 0.717) is 8.64 Å². The molecule has 2 heterocycles. The Kier molecular flexibility index (Phi) is 7.19. The van der Waals surface area contributed by atoms with E-state index in [0.717, 1.165) is 37.7 Å². The monoisotopic (exact) mass is 368 g/mol. The first-order valence-corrected chi connectivity index (χ1v) is 9.61. The van der Waals surface area contributed by atoms with Crippen molar-refractivity contribution in [2.75, 3.05) is 37.7 Å². The van der Waals surface area contributed by atoms with Gasteiger partial charge in [0.1, 0.15) is 0 Å². The molecule has 2 aliphatic heterocycles. The normalized spacial score (nSPS) is 21.5. The van der Waals surface area contributed by atoms with Gasteiger partial charge in [-0.15, -0.1) is 25.3 Å². The Morgan fingerprint density at radius 2 is 1.25 bits per heavy atom. The van der Waals surface area contributed by atoms with Crippen molar-refractivity contribution in [3.05, 3.63) is 0 Å². The van der Waals surface area contributed by atoms with Crippen molar-refractivity contribution in [1.82, 2.24) is 20.3 Å². The van der Waals surface area contributed by atoms with Gasteiger partial charge in [0.05, 0.1) is 0 Å². The third-order valence-electron chi connectivity index (χ3n) is 3.38. The summed E-state index contributed by atoms with van der Waals surface area (Å²) in [6.07, 6.45) is 3.63. The average Bonchev–Trinajstić information content (AvgIpc) is 2.45. The molecule has 0 atom stereocenters. The SMILES string of the molecule is S=C(S)N(N1CCCCC1)N(C(=S)S)N1CCSCC1. The summed E-state index contributed by atoms with van der Waals surface area (Å²) in [5.41, 5.74) is 0. The summed E-state index contributed by atoms with van der Waals surface area (Å²) in [5, 5.41) is 8.27. The lowest BCUT2D eigenvalue weighted by Crippen LogP contribution is -2.63. The van der Waals surface area contributed by atoms with Gasteiger partial charge in [0, 0.05) is 37.7 Å². The van der Waals surface area contributed by atoms with Crippen LogP contribution in [0.4, 0.5) is 0 Å². The molecule has 0 N–H and O–H groups in total. The van der Waals surface area contributed by atoms with E-state index < -0.39 is 0 Å². The van der Waals surface area contributed by atoms with Crippen LogP contribution in [-0.2, 0) is 0 Å². The molecule has 0 radical (unpaired) electrons. The third kappa shape index (κ3) is 4.37. The Hall–Kier alpha value is 0.750. The van der Waals surface area contributed by atoms with E-state index in [9.17, 15) is 0 Å². The van der Waals surface area contributed by atoms with Crippen LogP contribution in [0.3, 0.4) is 0 Å². The molecule has 20 heavy (non-hydrogen) atoms. The maximum absolute atomic E-state index is 5.34. The Bertz CT molecular complexity index is 321. The van der Waals surface area contributed by atoms with Gasteiger partial charge in [-0.05, 0) is 37.3 Å². The lowest BCUT2D eigenvalue weighted by atomic mass is 10.2. The largest absolute Gasteiger partial charge is 0.199 e. The van der Waals surface area contributed by atoms with Crippen molar-refractivity contribution in [2.45, 2.75) is 19.3 Å². The Morgan fingerprint density at radius 1 is 0.800 bits per heavy atom. The summed E-state index contributed by atoms with van der Waals surface area (Å²) in [6.45, 7) is 3.87.